The number of rotatable bonds is 4. The number of morpholine rings is 1. The molecule has 1 atom stereocenters. The summed E-state index contributed by atoms with van der Waals surface area (Å²) in [6.45, 7) is 7.31. The SMILES string of the molecule is Cc1nnc([C@H]2CN(C(=O)c3cc(CC(C)C)[nH]n3)CCO2)o1. The molecule has 0 aliphatic carbocycles. The molecule has 124 valence electrons. The van der Waals surface area contributed by atoms with E-state index in [1.54, 1.807) is 11.8 Å². The number of hydrogen-bond acceptors (Lipinski definition) is 6. The molecule has 1 saturated heterocycles. The lowest BCUT2D eigenvalue weighted by Crippen LogP contribution is -2.42. The standard InChI is InChI=1S/C15H21N5O3/c1-9(2)6-11-7-12(18-17-11)15(21)20-4-5-22-13(8-20)14-19-16-10(3)23-14/h7,9,13H,4-6,8H2,1-3H3,(H,17,18)/t13-/m1/s1. The van der Waals surface area contributed by atoms with Crippen LogP contribution in [0.15, 0.2) is 10.5 Å². The second-order valence-electron chi connectivity index (χ2n) is 6.15. The molecule has 8 heteroatoms. The Morgan fingerprint density at radius 3 is 3.00 bits per heavy atom. The van der Waals surface area contributed by atoms with Gasteiger partial charge in [-0.3, -0.25) is 9.89 Å². The molecule has 1 aliphatic heterocycles. The van der Waals surface area contributed by atoms with Crippen LogP contribution in [0.4, 0.5) is 0 Å². The van der Waals surface area contributed by atoms with Crippen LogP contribution in [0.5, 0.6) is 0 Å². The zero-order valence-electron chi connectivity index (χ0n) is 13.6. The van der Waals surface area contributed by atoms with E-state index in [2.05, 4.69) is 34.2 Å². The smallest absolute Gasteiger partial charge is 0.274 e. The Hall–Kier alpha value is -2.22. The molecular weight excluding hydrogens is 298 g/mol. The minimum atomic E-state index is -0.386. The van der Waals surface area contributed by atoms with Crippen LogP contribution in [0.25, 0.3) is 0 Å². The summed E-state index contributed by atoms with van der Waals surface area (Å²) in [5.74, 6) is 1.29. The van der Waals surface area contributed by atoms with E-state index in [9.17, 15) is 4.79 Å². The Morgan fingerprint density at radius 2 is 2.30 bits per heavy atom. The molecule has 1 N–H and O–H groups in total. The van der Waals surface area contributed by atoms with Gasteiger partial charge in [0.2, 0.25) is 11.8 Å². The van der Waals surface area contributed by atoms with Gasteiger partial charge >= 0.3 is 0 Å². The molecule has 1 fully saturated rings. The monoisotopic (exact) mass is 319 g/mol. The molecule has 3 heterocycles. The average Bonchev–Trinajstić information content (AvgIpc) is 3.15. The molecule has 23 heavy (non-hydrogen) atoms. The first-order valence-electron chi connectivity index (χ1n) is 7.78. The summed E-state index contributed by atoms with van der Waals surface area (Å²) in [5.41, 5.74) is 1.41. The number of H-pyrrole nitrogens is 1. The molecule has 0 unspecified atom stereocenters. The lowest BCUT2D eigenvalue weighted by Gasteiger charge is -2.30. The minimum Gasteiger partial charge on any atom is -0.423 e. The molecule has 0 spiro atoms. The van der Waals surface area contributed by atoms with Gasteiger partial charge in [0.25, 0.3) is 5.91 Å². The van der Waals surface area contributed by atoms with E-state index in [0.717, 1.165) is 12.1 Å². The minimum absolute atomic E-state index is 0.110. The van der Waals surface area contributed by atoms with Crippen LogP contribution >= 0.6 is 0 Å². The number of aromatic nitrogens is 4. The quantitative estimate of drug-likeness (QED) is 0.917. The van der Waals surface area contributed by atoms with E-state index >= 15 is 0 Å². The maximum atomic E-state index is 12.6. The van der Waals surface area contributed by atoms with Crippen LogP contribution < -0.4 is 0 Å². The van der Waals surface area contributed by atoms with Gasteiger partial charge in [-0.05, 0) is 18.4 Å². The van der Waals surface area contributed by atoms with Crippen molar-refractivity contribution in [2.45, 2.75) is 33.3 Å². The van der Waals surface area contributed by atoms with E-state index in [1.807, 2.05) is 6.07 Å². The summed E-state index contributed by atoms with van der Waals surface area (Å²) in [4.78, 5) is 14.3. The van der Waals surface area contributed by atoms with Crippen molar-refractivity contribution < 1.29 is 13.9 Å². The molecule has 0 aromatic carbocycles. The Balaban J connectivity index is 1.68. The highest BCUT2D eigenvalue weighted by Crippen LogP contribution is 2.22. The van der Waals surface area contributed by atoms with Crippen molar-refractivity contribution in [3.8, 4) is 0 Å². The molecule has 1 aliphatic rings. The Labute approximate surface area is 134 Å². The third-order valence-electron chi connectivity index (χ3n) is 3.65. The molecule has 0 bridgehead atoms. The number of aromatic amines is 1. The van der Waals surface area contributed by atoms with Crippen LogP contribution in [-0.2, 0) is 11.2 Å². The third kappa shape index (κ3) is 3.58. The first-order chi connectivity index (χ1) is 11.0. The van der Waals surface area contributed by atoms with Gasteiger partial charge in [-0.15, -0.1) is 10.2 Å². The first kappa shape index (κ1) is 15.7. The highest BCUT2D eigenvalue weighted by atomic mass is 16.5. The van der Waals surface area contributed by atoms with Crippen molar-refractivity contribution in [2.24, 2.45) is 5.92 Å². The first-order valence-corrected chi connectivity index (χ1v) is 7.78. The fourth-order valence-corrected chi connectivity index (χ4v) is 2.60. The zero-order chi connectivity index (χ0) is 16.4. The van der Waals surface area contributed by atoms with Gasteiger partial charge in [0.15, 0.2) is 6.10 Å². The molecule has 3 rings (SSSR count). The average molecular weight is 319 g/mol. The van der Waals surface area contributed by atoms with Crippen molar-refractivity contribution >= 4 is 5.91 Å². The van der Waals surface area contributed by atoms with Gasteiger partial charge < -0.3 is 14.1 Å². The largest absolute Gasteiger partial charge is 0.423 e. The second kappa shape index (κ2) is 6.49. The molecule has 1 amide bonds. The van der Waals surface area contributed by atoms with E-state index in [4.69, 9.17) is 9.15 Å². The fourth-order valence-electron chi connectivity index (χ4n) is 2.60. The van der Waals surface area contributed by atoms with Gasteiger partial charge in [-0.2, -0.15) is 5.10 Å². The number of hydrogen-bond donors (Lipinski definition) is 1. The van der Waals surface area contributed by atoms with E-state index in [1.165, 1.54) is 0 Å². The number of amides is 1. The number of nitrogens with one attached hydrogen (secondary N) is 1. The molecule has 0 radical (unpaired) electrons. The van der Waals surface area contributed by atoms with Crippen LogP contribution in [0.3, 0.4) is 0 Å². The molecule has 2 aromatic rings. The Morgan fingerprint density at radius 1 is 1.48 bits per heavy atom. The number of nitrogens with zero attached hydrogens (tertiary/aromatic N) is 4. The predicted octanol–water partition coefficient (Wildman–Crippen LogP) is 1.51. The van der Waals surface area contributed by atoms with Crippen molar-refractivity contribution in [1.82, 2.24) is 25.3 Å². The number of ether oxygens (including phenoxy) is 1. The fraction of sp³-hybridized carbons (Fsp3) is 0.600. The van der Waals surface area contributed by atoms with Crippen LogP contribution in [-0.4, -0.2) is 50.9 Å². The van der Waals surface area contributed by atoms with Crippen molar-refractivity contribution in [3.05, 3.63) is 29.2 Å². The molecular formula is C15H21N5O3. The summed E-state index contributed by atoms with van der Waals surface area (Å²) in [7, 11) is 0. The van der Waals surface area contributed by atoms with Crippen molar-refractivity contribution in [1.29, 1.82) is 0 Å². The number of aryl methyl sites for hydroxylation is 1. The zero-order valence-corrected chi connectivity index (χ0v) is 13.6. The molecule has 8 nitrogen and oxygen atoms in total. The summed E-state index contributed by atoms with van der Waals surface area (Å²) in [5, 5.41) is 14.8. The van der Waals surface area contributed by atoms with Gasteiger partial charge in [0.05, 0.1) is 13.2 Å². The number of carbonyl (C=O) groups excluding carboxylic acids is 1. The summed E-state index contributed by atoms with van der Waals surface area (Å²) >= 11 is 0. The normalized spacial score (nSPS) is 18.6. The highest BCUT2D eigenvalue weighted by Gasteiger charge is 2.30. The van der Waals surface area contributed by atoms with Crippen LogP contribution in [0.2, 0.25) is 0 Å². The van der Waals surface area contributed by atoms with Gasteiger partial charge in [-0.25, -0.2) is 0 Å². The summed E-state index contributed by atoms with van der Waals surface area (Å²) < 4.78 is 11.0. The second-order valence-corrected chi connectivity index (χ2v) is 6.15. The van der Waals surface area contributed by atoms with Gasteiger partial charge in [-0.1, -0.05) is 13.8 Å². The van der Waals surface area contributed by atoms with Gasteiger partial charge in [0.1, 0.15) is 5.69 Å². The Kier molecular flexibility index (Phi) is 4.42. The van der Waals surface area contributed by atoms with E-state index < -0.39 is 0 Å². The van der Waals surface area contributed by atoms with Crippen molar-refractivity contribution in [2.75, 3.05) is 19.7 Å². The predicted molar refractivity (Wildman–Crippen MR) is 80.8 cm³/mol. The molecule has 2 aromatic heterocycles. The third-order valence-corrected chi connectivity index (χ3v) is 3.65. The maximum Gasteiger partial charge on any atom is 0.274 e. The molecule has 0 saturated carbocycles. The summed E-state index contributed by atoms with van der Waals surface area (Å²) in [6, 6.07) is 1.82. The van der Waals surface area contributed by atoms with Gasteiger partial charge in [0, 0.05) is 19.2 Å². The van der Waals surface area contributed by atoms with E-state index in [0.29, 0.717) is 43.1 Å². The highest BCUT2D eigenvalue weighted by molar-refractivity contribution is 5.92. The topological polar surface area (TPSA) is 97.1 Å². The Bertz CT molecular complexity index is 678. The lowest BCUT2D eigenvalue weighted by molar-refractivity contribution is -0.0351. The van der Waals surface area contributed by atoms with E-state index in [-0.39, 0.29) is 12.0 Å². The maximum absolute atomic E-state index is 12.6. The van der Waals surface area contributed by atoms with Crippen LogP contribution in [0, 0.1) is 12.8 Å². The number of carbonyl (C=O) groups is 1. The van der Waals surface area contributed by atoms with Crippen LogP contribution in [0.1, 0.15) is 47.9 Å². The van der Waals surface area contributed by atoms with Crippen molar-refractivity contribution in [3.63, 3.8) is 0 Å². The summed E-state index contributed by atoms with van der Waals surface area (Å²) in [6.07, 6.45) is 0.482. The lowest BCUT2D eigenvalue weighted by atomic mass is 10.1.